The second-order valence-electron chi connectivity index (χ2n) is 9.03. The highest BCUT2D eigenvalue weighted by Gasteiger charge is 2.32. The highest BCUT2D eigenvalue weighted by atomic mass is 32.1. The molecule has 2 heterocycles. The number of ether oxygens (including phenoxy) is 2. The van der Waals surface area contributed by atoms with Crippen LogP contribution in [0, 0.1) is 5.82 Å². The summed E-state index contributed by atoms with van der Waals surface area (Å²) in [5.74, 6) is 0.423. The lowest BCUT2D eigenvalue weighted by Crippen LogP contribution is -2.40. The number of allylic oxidation sites excluding steroid dienone is 1. The molecule has 7 nitrogen and oxygen atoms in total. The minimum absolute atomic E-state index is 0.303. The van der Waals surface area contributed by atoms with Crippen molar-refractivity contribution in [2.24, 2.45) is 4.99 Å². The number of thiazole rings is 1. The topological polar surface area (TPSA) is 81.9 Å². The molecule has 0 bridgehead atoms. The van der Waals surface area contributed by atoms with Crippen LogP contribution in [0.15, 0.2) is 93.9 Å². The zero-order chi connectivity index (χ0) is 28.2. The number of anilines is 1. The summed E-state index contributed by atoms with van der Waals surface area (Å²) in [5.41, 5.74) is 2.46. The van der Waals surface area contributed by atoms with E-state index in [4.69, 9.17) is 9.47 Å². The molecular weight excluding hydrogens is 529 g/mol. The van der Waals surface area contributed by atoms with Crippen molar-refractivity contribution in [3.05, 3.63) is 121 Å². The predicted octanol–water partition coefficient (Wildman–Crippen LogP) is 4.81. The van der Waals surface area contributed by atoms with Crippen LogP contribution in [0.2, 0.25) is 0 Å². The Morgan fingerprint density at radius 2 is 1.73 bits per heavy atom. The molecule has 1 atom stereocenters. The van der Waals surface area contributed by atoms with Gasteiger partial charge in [0.2, 0.25) is 0 Å². The van der Waals surface area contributed by atoms with Gasteiger partial charge in [0.05, 0.1) is 35.1 Å². The van der Waals surface area contributed by atoms with E-state index < -0.39 is 11.9 Å². The average molecular weight is 558 g/mol. The fourth-order valence-electron chi connectivity index (χ4n) is 4.60. The summed E-state index contributed by atoms with van der Waals surface area (Å²) in [6.07, 6.45) is 1.77. The molecule has 204 valence electrons. The molecule has 0 saturated carbocycles. The van der Waals surface area contributed by atoms with Crippen LogP contribution in [0.4, 0.5) is 10.1 Å². The number of hydrogen-bond donors (Lipinski definition) is 1. The molecule has 0 aliphatic carbocycles. The zero-order valence-corrected chi connectivity index (χ0v) is 23.1. The van der Waals surface area contributed by atoms with E-state index in [-0.39, 0.29) is 11.5 Å². The largest absolute Gasteiger partial charge is 0.490 e. The van der Waals surface area contributed by atoms with E-state index in [0.29, 0.717) is 56.6 Å². The first-order valence-electron chi connectivity index (χ1n) is 12.9. The summed E-state index contributed by atoms with van der Waals surface area (Å²) < 4.78 is 27.2. The van der Waals surface area contributed by atoms with Gasteiger partial charge in [0.1, 0.15) is 5.82 Å². The summed E-state index contributed by atoms with van der Waals surface area (Å²) in [7, 11) is 0. The van der Waals surface area contributed by atoms with Crippen molar-refractivity contribution in [3.8, 4) is 11.5 Å². The summed E-state index contributed by atoms with van der Waals surface area (Å²) in [6, 6.07) is 19.6. The lowest BCUT2D eigenvalue weighted by atomic mass is 9.95. The fourth-order valence-corrected chi connectivity index (χ4v) is 5.65. The first kappa shape index (κ1) is 27.1. The summed E-state index contributed by atoms with van der Waals surface area (Å²) >= 11 is 1.23. The molecule has 1 amide bonds. The van der Waals surface area contributed by atoms with Crippen LogP contribution >= 0.6 is 11.3 Å². The summed E-state index contributed by atoms with van der Waals surface area (Å²) in [6.45, 7) is 6.51. The van der Waals surface area contributed by atoms with Gasteiger partial charge in [0, 0.05) is 5.69 Å². The number of benzene rings is 3. The van der Waals surface area contributed by atoms with E-state index in [2.05, 4.69) is 10.3 Å². The van der Waals surface area contributed by atoms with E-state index in [9.17, 15) is 14.0 Å². The molecule has 0 radical (unpaired) electrons. The monoisotopic (exact) mass is 557 g/mol. The van der Waals surface area contributed by atoms with Crippen LogP contribution in [0.25, 0.3) is 6.08 Å². The van der Waals surface area contributed by atoms with Crippen LogP contribution in [-0.2, 0) is 4.79 Å². The molecule has 1 aromatic heterocycles. The third-order valence-corrected chi connectivity index (χ3v) is 7.33. The van der Waals surface area contributed by atoms with Gasteiger partial charge in [0.25, 0.3) is 11.5 Å². The van der Waals surface area contributed by atoms with Crippen molar-refractivity contribution < 1.29 is 18.7 Å². The zero-order valence-electron chi connectivity index (χ0n) is 22.3. The third-order valence-electron chi connectivity index (χ3n) is 6.35. The van der Waals surface area contributed by atoms with E-state index in [1.165, 1.54) is 28.0 Å². The first-order valence-corrected chi connectivity index (χ1v) is 13.7. The number of carbonyl (C=O) groups excluding carboxylic acids is 1. The molecule has 3 aromatic carbocycles. The van der Waals surface area contributed by atoms with Gasteiger partial charge in [-0.05, 0) is 74.4 Å². The van der Waals surface area contributed by atoms with Gasteiger partial charge >= 0.3 is 0 Å². The van der Waals surface area contributed by atoms with E-state index in [1.54, 1.807) is 37.3 Å². The number of amides is 1. The number of halogens is 1. The Kier molecular flexibility index (Phi) is 7.93. The van der Waals surface area contributed by atoms with E-state index in [1.807, 2.05) is 50.2 Å². The Morgan fingerprint density at radius 1 is 1.02 bits per heavy atom. The van der Waals surface area contributed by atoms with Crippen LogP contribution < -0.4 is 29.7 Å². The van der Waals surface area contributed by atoms with Crippen molar-refractivity contribution in [2.75, 3.05) is 18.5 Å². The number of para-hydroxylation sites is 1. The molecule has 40 heavy (non-hydrogen) atoms. The summed E-state index contributed by atoms with van der Waals surface area (Å²) in [4.78, 5) is 32.6. The molecule has 0 unspecified atom stereocenters. The van der Waals surface area contributed by atoms with Gasteiger partial charge in [-0.15, -0.1) is 0 Å². The number of hydrogen-bond acceptors (Lipinski definition) is 6. The Balaban J connectivity index is 1.63. The number of nitrogens with zero attached hydrogens (tertiary/aromatic N) is 2. The molecule has 4 aromatic rings. The lowest BCUT2D eigenvalue weighted by molar-refractivity contribution is -0.113. The molecule has 1 N–H and O–H groups in total. The molecule has 0 saturated heterocycles. The maximum absolute atomic E-state index is 13.9. The van der Waals surface area contributed by atoms with Crippen LogP contribution in [0.5, 0.6) is 11.5 Å². The van der Waals surface area contributed by atoms with Crippen LogP contribution in [0.3, 0.4) is 0 Å². The van der Waals surface area contributed by atoms with Gasteiger partial charge in [-0.1, -0.05) is 47.7 Å². The second-order valence-corrected chi connectivity index (χ2v) is 10.0. The predicted molar refractivity (Wildman–Crippen MR) is 154 cm³/mol. The summed E-state index contributed by atoms with van der Waals surface area (Å²) in [5, 5.41) is 2.91. The maximum atomic E-state index is 13.9. The quantitative estimate of drug-likeness (QED) is 0.337. The van der Waals surface area contributed by atoms with Gasteiger partial charge < -0.3 is 14.8 Å². The molecule has 0 fully saturated rings. The molecule has 9 heteroatoms. The minimum Gasteiger partial charge on any atom is -0.490 e. The second kappa shape index (κ2) is 11.7. The number of aromatic nitrogens is 1. The van der Waals surface area contributed by atoms with E-state index >= 15 is 0 Å². The van der Waals surface area contributed by atoms with Crippen molar-refractivity contribution in [3.63, 3.8) is 0 Å². The minimum atomic E-state index is -0.790. The Morgan fingerprint density at radius 3 is 2.42 bits per heavy atom. The molecular formula is C31H28FN3O4S. The molecule has 0 spiro atoms. The Bertz CT molecular complexity index is 1760. The van der Waals surface area contributed by atoms with Gasteiger partial charge in [-0.2, -0.15) is 0 Å². The third kappa shape index (κ3) is 5.46. The van der Waals surface area contributed by atoms with Crippen molar-refractivity contribution >= 4 is 29.0 Å². The normalized spacial score (nSPS) is 14.9. The number of nitrogens with one attached hydrogen (secondary N) is 1. The van der Waals surface area contributed by atoms with Crippen molar-refractivity contribution in [1.82, 2.24) is 4.57 Å². The Hall–Kier alpha value is -4.50. The smallest absolute Gasteiger partial charge is 0.271 e. The average Bonchev–Trinajstić information content (AvgIpc) is 3.24. The standard InChI is InChI=1S/C31H28FN3O4S/c1-4-38-24-16-11-20(17-25(24)39-5-2)18-26-30(37)35-28(21-12-14-22(32)15-13-21)27(19(3)33-31(35)40-26)29(36)34-23-9-7-6-8-10-23/h6-18,28H,4-5H2,1-3H3,(H,34,36)/b26-18-/t28-/m1/s1. The Labute approximate surface area is 234 Å². The van der Waals surface area contributed by atoms with Crippen LogP contribution in [0.1, 0.15) is 37.9 Å². The SMILES string of the molecule is CCOc1ccc(/C=c2\sc3n(c2=O)[C@H](c2ccc(F)cc2)C(C(=O)Nc2ccccc2)=C(C)N=3)cc1OCC. The van der Waals surface area contributed by atoms with Gasteiger partial charge in [-0.25, -0.2) is 9.38 Å². The molecule has 1 aliphatic heterocycles. The fraction of sp³-hybridized carbons (Fsp3) is 0.194. The lowest BCUT2D eigenvalue weighted by Gasteiger charge is -2.25. The highest BCUT2D eigenvalue weighted by molar-refractivity contribution is 7.07. The number of rotatable bonds is 8. The first-order chi connectivity index (χ1) is 19.4. The molecule has 5 rings (SSSR count). The maximum Gasteiger partial charge on any atom is 0.271 e. The molecule has 1 aliphatic rings. The van der Waals surface area contributed by atoms with E-state index in [0.717, 1.165) is 5.56 Å². The van der Waals surface area contributed by atoms with Gasteiger partial charge in [0.15, 0.2) is 16.3 Å². The highest BCUT2D eigenvalue weighted by Crippen LogP contribution is 2.31. The van der Waals surface area contributed by atoms with Crippen molar-refractivity contribution in [1.29, 1.82) is 0 Å². The van der Waals surface area contributed by atoms with Crippen molar-refractivity contribution in [2.45, 2.75) is 26.8 Å². The van der Waals surface area contributed by atoms with Gasteiger partial charge in [-0.3, -0.25) is 14.2 Å². The van der Waals surface area contributed by atoms with Crippen LogP contribution in [-0.4, -0.2) is 23.7 Å². The number of fused-ring (bicyclic) bond motifs is 1. The number of carbonyl (C=O) groups is 1.